The second-order valence-corrected chi connectivity index (χ2v) is 3.69. The number of nitrogens with one attached hydrogen (secondary N) is 1. The van der Waals surface area contributed by atoms with Gasteiger partial charge in [-0.2, -0.15) is 0 Å². The Hall–Kier alpha value is -2.24. The number of benzene rings is 1. The van der Waals surface area contributed by atoms with Crippen LogP contribution in [-0.4, -0.2) is 25.7 Å². The van der Waals surface area contributed by atoms with Crippen molar-refractivity contribution in [1.29, 1.82) is 0 Å². The molecule has 1 aromatic rings. The topological polar surface area (TPSA) is 73.9 Å². The minimum Gasteiger partial charge on any atom is -0.493 e. The number of alkyl carbamates (subject to hydrolysis) is 1. The third-order valence-electron chi connectivity index (χ3n) is 2.17. The molecule has 0 bridgehead atoms. The van der Waals surface area contributed by atoms with E-state index in [-0.39, 0.29) is 6.61 Å². The van der Waals surface area contributed by atoms with Crippen LogP contribution in [0.2, 0.25) is 0 Å². The van der Waals surface area contributed by atoms with E-state index in [4.69, 9.17) is 14.2 Å². The summed E-state index contributed by atoms with van der Waals surface area (Å²) in [4.78, 5) is 22.0. The fourth-order valence-electron chi connectivity index (χ4n) is 1.39. The molecule has 0 atom stereocenters. The van der Waals surface area contributed by atoms with Crippen molar-refractivity contribution in [3.63, 3.8) is 0 Å². The molecule has 1 aromatic carbocycles. The fraction of sp³-hybridized carbons (Fsp3) is 0.385. The molecule has 0 aliphatic rings. The summed E-state index contributed by atoms with van der Waals surface area (Å²) in [5.74, 6) is 0.314. The Kier molecular flexibility index (Phi) is 5.66. The molecule has 0 unspecified atom stereocenters. The van der Waals surface area contributed by atoms with Crippen molar-refractivity contribution < 1.29 is 23.8 Å². The Balaban J connectivity index is 2.71. The first-order chi connectivity index (χ1) is 9.06. The van der Waals surface area contributed by atoms with Crippen LogP contribution in [0.4, 0.5) is 4.79 Å². The van der Waals surface area contributed by atoms with Gasteiger partial charge in [-0.15, -0.1) is 0 Å². The highest BCUT2D eigenvalue weighted by Gasteiger charge is 2.09. The van der Waals surface area contributed by atoms with Gasteiger partial charge in [-0.25, -0.2) is 4.79 Å². The number of esters is 1. The predicted molar refractivity (Wildman–Crippen MR) is 68.2 cm³/mol. The monoisotopic (exact) mass is 267 g/mol. The number of amides is 1. The molecule has 0 spiro atoms. The van der Waals surface area contributed by atoms with E-state index in [0.29, 0.717) is 18.0 Å². The van der Waals surface area contributed by atoms with Crippen LogP contribution in [-0.2, 0) is 16.1 Å². The highest BCUT2D eigenvalue weighted by atomic mass is 16.6. The van der Waals surface area contributed by atoms with Gasteiger partial charge >= 0.3 is 12.1 Å². The van der Waals surface area contributed by atoms with E-state index in [2.05, 4.69) is 5.32 Å². The van der Waals surface area contributed by atoms with E-state index in [1.165, 1.54) is 14.0 Å². The Labute approximate surface area is 111 Å². The third kappa shape index (κ3) is 4.87. The van der Waals surface area contributed by atoms with Gasteiger partial charge in [-0.1, -0.05) is 6.07 Å². The van der Waals surface area contributed by atoms with E-state index in [1.807, 2.05) is 0 Å². The predicted octanol–water partition coefficient (Wildman–Crippen LogP) is 1.87. The van der Waals surface area contributed by atoms with Crippen molar-refractivity contribution in [2.75, 3.05) is 13.7 Å². The Bertz CT molecular complexity index is 458. The summed E-state index contributed by atoms with van der Waals surface area (Å²) in [6, 6.07) is 4.94. The highest BCUT2D eigenvalue weighted by Crippen LogP contribution is 2.28. The summed E-state index contributed by atoms with van der Waals surface area (Å²) in [6.45, 7) is 3.74. The van der Waals surface area contributed by atoms with Gasteiger partial charge in [0.2, 0.25) is 0 Å². The largest absolute Gasteiger partial charge is 0.493 e. The number of ether oxygens (including phenoxy) is 3. The lowest BCUT2D eigenvalue weighted by atomic mass is 10.2. The highest BCUT2D eigenvalue weighted by molar-refractivity contribution is 5.70. The molecular weight excluding hydrogens is 250 g/mol. The van der Waals surface area contributed by atoms with E-state index >= 15 is 0 Å². The number of carbonyl (C=O) groups is 2. The molecule has 104 valence electrons. The average Bonchev–Trinajstić information content (AvgIpc) is 2.37. The van der Waals surface area contributed by atoms with Crippen molar-refractivity contribution in [2.24, 2.45) is 0 Å². The zero-order valence-corrected chi connectivity index (χ0v) is 11.2. The normalized spacial score (nSPS) is 9.63. The van der Waals surface area contributed by atoms with Crippen LogP contribution >= 0.6 is 0 Å². The molecule has 0 saturated heterocycles. The maximum Gasteiger partial charge on any atom is 0.407 e. The molecular formula is C13H17NO5. The lowest BCUT2D eigenvalue weighted by Crippen LogP contribution is -2.23. The quantitative estimate of drug-likeness (QED) is 0.651. The van der Waals surface area contributed by atoms with Crippen molar-refractivity contribution >= 4 is 12.1 Å². The average molecular weight is 267 g/mol. The summed E-state index contributed by atoms with van der Waals surface area (Å²) in [5, 5.41) is 2.52. The van der Waals surface area contributed by atoms with Gasteiger partial charge in [0.05, 0.1) is 7.11 Å². The SMILES string of the molecule is CCNC(=O)OCc1ccc(OC(C)=O)c(OC)c1. The van der Waals surface area contributed by atoms with Crippen LogP contribution in [0.15, 0.2) is 18.2 Å². The smallest absolute Gasteiger partial charge is 0.407 e. The standard InChI is InChI=1S/C13H17NO5/c1-4-14-13(16)18-8-10-5-6-11(19-9(2)15)12(7-10)17-3/h5-7H,4,8H2,1-3H3,(H,14,16). The number of rotatable bonds is 5. The minimum atomic E-state index is -0.481. The van der Waals surface area contributed by atoms with E-state index < -0.39 is 12.1 Å². The first-order valence-electron chi connectivity index (χ1n) is 5.82. The van der Waals surface area contributed by atoms with Crippen LogP contribution < -0.4 is 14.8 Å². The first kappa shape index (κ1) is 14.8. The molecule has 0 saturated carbocycles. The Morgan fingerprint density at radius 1 is 1.26 bits per heavy atom. The van der Waals surface area contributed by atoms with Gasteiger partial charge in [0.25, 0.3) is 0 Å². The van der Waals surface area contributed by atoms with Crippen LogP contribution in [0.5, 0.6) is 11.5 Å². The summed E-state index contributed by atoms with van der Waals surface area (Å²) < 4.78 is 15.1. The number of methoxy groups -OCH3 is 1. The van der Waals surface area contributed by atoms with Crippen LogP contribution in [0.1, 0.15) is 19.4 Å². The van der Waals surface area contributed by atoms with Gasteiger partial charge in [0.15, 0.2) is 11.5 Å². The Morgan fingerprint density at radius 2 is 2.00 bits per heavy atom. The second kappa shape index (κ2) is 7.25. The molecule has 0 aliphatic heterocycles. The zero-order valence-electron chi connectivity index (χ0n) is 11.2. The third-order valence-corrected chi connectivity index (χ3v) is 2.17. The van der Waals surface area contributed by atoms with E-state index in [0.717, 1.165) is 5.56 Å². The van der Waals surface area contributed by atoms with Crippen molar-refractivity contribution in [2.45, 2.75) is 20.5 Å². The summed E-state index contributed by atoms with van der Waals surface area (Å²) in [5.41, 5.74) is 0.735. The van der Waals surface area contributed by atoms with Gasteiger partial charge in [0.1, 0.15) is 6.61 Å². The first-order valence-corrected chi connectivity index (χ1v) is 5.82. The van der Waals surface area contributed by atoms with Crippen LogP contribution in [0.25, 0.3) is 0 Å². The second-order valence-electron chi connectivity index (χ2n) is 3.69. The van der Waals surface area contributed by atoms with Gasteiger partial charge in [-0.05, 0) is 24.6 Å². The zero-order chi connectivity index (χ0) is 14.3. The molecule has 1 amide bonds. The number of hydrogen-bond acceptors (Lipinski definition) is 5. The molecule has 6 heteroatoms. The maximum atomic E-state index is 11.1. The van der Waals surface area contributed by atoms with E-state index in [1.54, 1.807) is 25.1 Å². The van der Waals surface area contributed by atoms with Crippen molar-refractivity contribution in [1.82, 2.24) is 5.32 Å². The summed E-state index contributed by atoms with van der Waals surface area (Å²) in [6.07, 6.45) is -0.481. The number of carbonyl (C=O) groups excluding carboxylic acids is 2. The molecule has 6 nitrogen and oxygen atoms in total. The fourth-order valence-corrected chi connectivity index (χ4v) is 1.39. The molecule has 1 N–H and O–H groups in total. The molecule has 0 fully saturated rings. The maximum absolute atomic E-state index is 11.1. The van der Waals surface area contributed by atoms with Crippen molar-refractivity contribution in [3.8, 4) is 11.5 Å². The van der Waals surface area contributed by atoms with Gasteiger partial charge in [-0.3, -0.25) is 4.79 Å². The molecule has 0 aromatic heterocycles. The number of hydrogen-bond donors (Lipinski definition) is 1. The van der Waals surface area contributed by atoms with Crippen molar-refractivity contribution in [3.05, 3.63) is 23.8 Å². The molecule has 0 heterocycles. The van der Waals surface area contributed by atoms with Crippen LogP contribution in [0, 0.1) is 0 Å². The summed E-state index contributed by atoms with van der Waals surface area (Å²) in [7, 11) is 1.47. The molecule has 19 heavy (non-hydrogen) atoms. The molecule has 1 rings (SSSR count). The molecule has 0 aliphatic carbocycles. The summed E-state index contributed by atoms with van der Waals surface area (Å²) >= 11 is 0. The van der Waals surface area contributed by atoms with Crippen LogP contribution in [0.3, 0.4) is 0 Å². The van der Waals surface area contributed by atoms with E-state index in [9.17, 15) is 9.59 Å². The molecule has 0 radical (unpaired) electrons. The Morgan fingerprint density at radius 3 is 2.58 bits per heavy atom. The lowest BCUT2D eigenvalue weighted by molar-refractivity contribution is -0.132. The van der Waals surface area contributed by atoms with Gasteiger partial charge < -0.3 is 19.5 Å². The minimum absolute atomic E-state index is 0.114. The lowest BCUT2D eigenvalue weighted by Gasteiger charge is -2.10. The van der Waals surface area contributed by atoms with Gasteiger partial charge in [0, 0.05) is 13.5 Å².